The Morgan fingerprint density at radius 1 is 0.912 bits per heavy atom. The molecule has 4 rings (SSSR count). The first kappa shape index (κ1) is 23.6. The van der Waals surface area contributed by atoms with E-state index in [2.05, 4.69) is 5.48 Å². The molecule has 0 aliphatic carbocycles. The number of halogens is 2. The molecule has 1 N–H and O–H groups in total. The summed E-state index contributed by atoms with van der Waals surface area (Å²) < 4.78 is 53.9. The van der Waals surface area contributed by atoms with E-state index in [0.717, 1.165) is 0 Å². The molecule has 0 amide bonds. The highest BCUT2D eigenvalue weighted by Gasteiger charge is 2.26. The lowest BCUT2D eigenvalue weighted by Crippen LogP contribution is -2.37. The Labute approximate surface area is 196 Å². The summed E-state index contributed by atoms with van der Waals surface area (Å²) in [5.41, 5.74) is 5.31. The monoisotopic (exact) mass is 481 g/mol. The zero-order valence-electron chi connectivity index (χ0n) is 18.0. The van der Waals surface area contributed by atoms with Crippen LogP contribution < -0.4 is 5.48 Å². The largest absolute Gasteiger partial charge is 0.270 e. The Hall–Kier alpha value is -3.58. The Bertz CT molecular complexity index is 1270. The molecule has 0 atom stereocenters. The van der Waals surface area contributed by atoms with Gasteiger partial charge in [0.15, 0.2) is 0 Å². The number of nitriles is 1. The van der Waals surface area contributed by atoms with Gasteiger partial charge >= 0.3 is 0 Å². The lowest BCUT2D eigenvalue weighted by molar-refractivity contribution is 0.0109. The molecule has 0 fully saturated rings. The van der Waals surface area contributed by atoms with Gasteiger partial charge in [-0.2, -0.15) is 9.57 Å². The fourth-order valence-electron chi connectivity index (χ4n) is 3.55. The predicted molar refractivity (Wildman–Crippen MR) is 121 cm³/mol. The van der Waals surface area contributed by atoms with Crippen LogP contribution in [0.25, 0.3) is 0 Å². The standard InChI is InChI=1S/C25H21F2N3O3S/c26-21-7-3-19(4-8-21)25(20-5-9-22(27)10-6-20)33-29-23-13-15-30(16-14-23)34(31,32)24-11-1-18(17-28)2-12-24/h1-13,25,29H,14-16H2. The summed E-state index contributed by atoms with van der Waals surface area (Å²) >= 11 is 0. The van der Waals surface area contributed by atoms with Crippen molar-refractivity contribution in [2.45, 2.75) is 17.4 Å². The van der Waals surface area contributed by atoms with Crippen LogP contribution in [0.2, 0.25) is 0 Å². The highest BCUT2D eigenvalue weighted by Crippen LogP contribution is 2.27. The average Bonchev–Trinajstić information content (AvgIpc) is 2.86. The highest BCUT2D eigenvalue weighted by molar-refractivity contribution is 7.89. The summed E-state index contributed by atoms with van der Waals surface area (Å²) in [4.78, 5) is 6.03. The first-order valence-corrected chi connectivity index (χ1v) is 11.9. The van der Waals surface area contributed by atoms with Gasteiger partial charge in [0.2, 0.25) is 10.0 Å². The predicted octanol–water partition coefficient (Wildman–Crippen LogP) is 4.43. The Balaban J connectivity index is 1.46. The fourth-order valence-corrected chi connectivity index (χ4v) is 4.93. The number of nitrogens with zero attached hydrogens (tertiary/aromatic N) is 2. The van der Waals surface area contributed by atoms with E-state index < -0.39 is 16.1 Å². The van der Waals surface area contributed by atoms with E-state index in [1.807, 2.05) is 6.07 Å². The van der Waals surface area contributed by atoms with Gasteiger partial charge in [0, 0.05) is 25.2 Å². The molecule has 0 spiro atoms. The van der Waals surface area contributed by atoms with Gasteiger partial charge in [-0.25, -0.2) is 17.2 Å². The van der Waals surface area contributed by atoms with E-state index in [-0.39, 0.29) is 29.6 Å². The van der Waals surface area contributed by atoms with Crippen LogP contribution in [0.5, 0.6) is 0 Å². The molecule has 0 aromatic heterocycles. The Morgan fingerprint density at radius 2 is 1.47 bits per heavy atom. The minimum atomic E-state index is -3.70. The minimum Gasteiger partial charge on any atom is -0.270 e. The van der Waals surface area contributed by atoms with Crippen LogP contribution in [0.3, 0.4) is 0 Å². The molecule has 0 radical (unpaired) electrons. The summed E-state index contributed by atoms with van der Waals surface area (Å²) in [7, 11) is -3.70. The second kappa shape index (κ2) is 10.1. The Morgan fingerprint density at radius 3 is 1.94 bits per heavy atom. The number of rotatable bonds is 7. The van der Waals surface area contributed by atoms with E-state index in [1.54, 1.807) is 30.3 Å². The van der Waals surface area contributed by atoms with Gasteiger partial charge < -0.3 is 0 Å². The van der Waals surface area contributed by atoms with Crippen LogP contribution in [-0.2, 0) is 14.9 Å². The minimum absolute atomic E-state index is 0.125. The molecule has 1 aliphatic rings. The summed E-state index contributed by atoms with van der Waals surface area (Å²) in [6.45, 7) is 0.383. The van der Waals surface area contributed by atoms with Crippen molar-refractivity contribution in [2.24, 2.45) is 0 Å². The lowest BCUT2D eigenvalue weighted by Gasteiger charge is -2.27. The second-order valence-electron chi connectivity index (χ2n) is 7.68. The van der Waals surface area contributed by atoms with Crippen molar-refractivity contribution < 1.29 is 22.0 Å². The fraction of sp³-hybridized carbons (Fsp3) is 0.160. The first-order valence-electron chi connectivity index (χ1n) is 10.5. The van der Waals surface area contributed by atoms with Crippen molar-refractivity contribution in [3.05, 3.63) is 113 Å². The van der Waals surface area contributed by atoms with Crippen molar-refractivity contribution >= 4 is 10.0 Å². The third-order valence-corrected chi connectivity index (χ3v) is 7.33. The second-order valence-corrected chi connectivity index (χ2v) is 9.62. The molecule has 0 bridgehead atoms. The summed E-state index contributed by atoms with van der Waals surface area (Å²) in [6, 6.07) is 19.4. The van der Waals surface area contributed by atoms with E-state index >= 15 is 0 Å². The van der Waals surface area contributed by atoms with Gasteiger partial charge in [-0.15, -0.1) is 0 Å². The van der Waals surface area contributed by atoms with E-state index in [9.17, 15) is 17.2 Å². The van der Waals surface area contributed by atoms with Gasteiger partial charge in [0.1, 0.15) is 17.7 Å². The number of hydrogen-bond acceptors (Lipinski definition) is 5. The average molecular weight is 482 g/mol. The van der Waals surface area contributed by atoms with E-state index in [0.29, 0.717) is 28.8 Å². The molecule has 3 aromatic carbocycles. The maximum absolute atomic E-state index is 13.4. The third kappa shape index (κ3) is 5.31. The highest BCUT2D eigenvalue weighted by atomic mass is 32.2. The number of benzene rings is 3. The topological polar surface area (TPSA) is 82.4 Å². The molecule has 174 valence electrons. The smallest absolute Gasteiger partial charge is 0.243 e. The summed E-state index contributed by atoms with van der Waals surface area (Å²) in [5, 5.41) is 8.90. The number of sulfonamides is 1. The number of hydrogen-bond donors (Lipinski definition) is 1. The molecule has 3 aromatic rings. The van der Waals surface area contributed by atoms with Crippen LogP contribution in [0.4, 0.5) is 8.78 Å². The summed E-state index contributed by atoms with van der Waals surface area (Å²) in [6.07, 6.45) is 1.47. The van der Waals surface area contributed by atoms with Crippen LogP contribution in [0.15, 0.2) is 89.5 Å². The van der Waals surface area contributed by atoms with Crippen molar-refractivity contribution in [1.82, 2.24) is 9.79 Å². The molecule has 6 nitrogen and oxygen atoms in total. The molecule has 9 heteroatoms. The van der Waals surface area contributed by atoms with Crippen LogP contribution in [-0.4, -0.2) is 25.8 Å². The van der Waals surface area contributed by atoms with Gasteiger partial charge in [0.25, 0.3) is 0 Å². The van der Waals surface area contributed by atoms with E-state index in [4.69, 9.17) is 10.1 Å². The molecule has 0 unspecified atom stereocenters. The molecule has 1 aliphatic heterocycles. The SMILES string of the molecule is N#Cc1ccc(S(=O)(=O)N2CC=C(NOC(c3ccc(F)cc3)c3ccc(F)cc3)CC2)cc1. The molecular formula is C25H21F2N3O3S. The molecular weight excluding hydrogens is 460 g/mol. The molecule has 1 heterocycles. The van der Waals surface area contributed by atoms with Crippen LogP contribution in [0, 0.1) is 23.0 Å². The Kier molecular flexibility index (Phi) is 7.03. The van der Waals surface area contributed by atoms with Crippen molar-refractivity contribution in [3.8, 4) is 6.07 Å². The van der Waals surface area contributed by atoms with E-state index in [1.165, 1.54) is 52.8 Å². The molecule has 0 saturated carbocycles. The third-order valence-electron chi connectivity index (χ3n) is 5.45. The zero-order valence-corrected chi connectivity index (χ0v) is 18.8. The number of nitrogens with one attached hydrogen (secondary N) is 1. The maximum atomic E-state index is 13.4. The molecule has 0 saturated heterocycles. The maximum Gasteiger partial charge on any atom is 0.243 e. The van der Waals surface area contributed by atoms with Crippen molar-refractivity contribution in [3.63, 3.8) is 0 Å². The van der Waals surface area contributed by atoms with Crippen molar-refractivity contribution in [1.29, 1.82) is 5.26 Å². The van der Waals surface area contributed by atoms with Gasteiger partial charge in [0.05, 0.1) is 16.5 Å². The van der Waals surface area contributed by atoms with Gasteiger partial charge in [-0.1, -0.05) is 24.3 Å². The van der Waals surface area contributed by atoms with Crippen molar-refractivity contribution in [2.75, 3.05) is 13.1 Å². The number of hydroxylamine groups is 1. The lowest BCUT2D eigenvalue weighted by atomic mass is 10.0. The summed E-state index contributed by atoms with van der Waals surface area (Å²) in [5.74, 6) is -0.763. The quantitative estimate of drug-likeness (QED) is 0.505. The van der Waals surface area contributed by atoms with Gasteiger partial charge in [-0.3, -0.25) is 10.3 Å². The van der Waals surface area contributed by atoms with Crippen LogP contribution in [0.1, 0.15) is 29.2 Å². The normalized spacial score (nSPS) is 14.5. The zero-order chi connectivity index (χ0) is 24.1. The van der Waals surface area contributed by atoms with Gasteiger partial charge in [-0.05, 0) is 65.7 Å². The van der Waals surface area contributed by atoms with Crippen LogP contribution >= 0.6 is 0 Å². The first-order chi connectivity index (χ1) is 16.4. The molecule has 34 heavy (non-hydrogen) atoms.